The third-order valence-corrected chi connectivity index (χ3v) is 5.09. The topological polar surface area (TPSA) is 40.9 Å². The van der Waals surface area contributed by atoms with Crippen molar-refractivity contribution in [3.8, 4) is 6.07 Å². The molecule has 1 unspecified atom stereocenters. The molecule has 0 radical (unpaired) electrons. The van der Waals surface area contributed by atoms with E-state index in [9.17, 15) is 10.1 Å². The molecule has 2 heteroatoms. The van der Waals surface area contributed by atoms with E-state index in [0.717, 1.165) is 37.7 Å². The molecule has 1 aromatic rings. The lowest BCUT2D eigenvalue weighted by Gasteiger charge is -2.28. The van der Waals surface area contributed by atoms with Gasteiger partial charge in [0.2, 0.25) is 0 Å². The van der Waals surface area contributed by atoms with Gasteiger partial charge in [0, 0.05) is 5.41 Å². The molecule has 0 aromatic heterocycles. The average molecular weight is 283 g/mol. The molecule has 1 saturated carbocycles. The van der Waals surface area contributed by atoms with Crippen molar-refractivity contribution < 1.29 is 4.79 Å². The first-order valence-electron chi connectivity index (χ1n) is 8.08. The molecule has 2 nitrogen and oxygen atoms in total. The molecule has 1 atom stereocenters. The van der Waals surface area contributed by atoms with Gasteiger partial charge in [-0.2, -0.15) is 5.26 Å². The maximum Gasteiger partial charge on any atom is 0.160 e. The van der Waals surface area contributed by atoms with Gasteiger partial charge in [-0.15, -0.1) is 0 Å². The normalized spacial score (nSPS) is 18.4. The molecular formula is C19H25NO. The summed E-state index contributed by atoms with van der Waals surface area (Å²) in [6, 6.07) is 10.3. The van der Waals surface area contributed by atoms with Crippen molar-refractivity contribution in [2.45, 2.75) is 64.7 Å². The highest BCUT2D eigenvalue weighted by Gasteiger charge is 2.43. The van der Waals surface area contributed by atoms with Gasteiger partial charge < -0.3 is 0 Å². The van der Waals surface area contributed by atoms with Crippen LogP contribution in [-0.4, -0.2) is 5.78 Å². The van der Waals surface area contributed by atoms with Crippen LogP contribution in [0.2, 0.25) is 0 Å². The smallest absolute Gasteiger partial charge is 0.160 e. The second-order valence-corrected chi connectivity index (χ2v) is 6.59. The fourth-order valence-corrected chi connectivity index (χ4v) is 3.49. The Balaban J connectivity index is 2.27. The molecule has 0 heterocycles. The molecule has 112 valence electrons. The molecule has 0 aliphatic heterocycles. The minimum absolute atomic E-state index is 0.141. The average Bonchev–Trinajstić information content (AvgIpc) is 2.98. The summed E-state index contributed by atoms with van der Waals surface area (Å²) in [6.07, 6.45) is 4.98. The maximum absolute atomic E-state index is 12.9. The van der Waals surface area contributed by atoms with E-state index < -0.39 is 5.92 Å². The molecule has 21 heavy (non-hydrogen) atoms. The lowest BCUT2D eigenvalue weighted by molar-refractivity contribution is -0.129. The molecule has 0 spiro atoms. The number of carbonyl (C=O) groups excluding carboxylic acids is 1. The number of carbonyl (C=O) groups is 1. The van der Waals surface area contributed by atoms with Crippen molar-refractivity contribution in [3.05, 3.63) is 35.4 Å². The quantitative estimate of drug-likeness (QED) is 0.766. The van der Waals surface area contributed by atoms with Crippen molar-refractivity contribution in [1.82, 2.24) is 0 Å². The van der Waals surface area contributed by atoms with Crippen molar-refractivity contribution in [1.29, 1.82) is 5.26 Å². The number of nitriles is 1. The van der Waals surface area contributed by atoms with E-state index in [1.807, 2.05) is 24.3 Å². The zero-order chi connectivity index (χ0) is 15.5. The highest BCUT2D eigenvalue weighted by Crippen LogP contribution is 2.45. The summed E-state index contributed by atoms with van der Waals surface area (Å²) < 4.78 is 0. The van der Waals surface area contributed by atoms with Gasteiger partial charge in [0.25, 0.3) is 0 Å². The first-order chi connectivity index (χ1) is 10.0. The number of nitrogens with zero attached hydrogens (tertiary/aromatic N) is 1. The van der Waals surface area contributed by atoms with E-state index in [1.165, 1.54) is 5.56 Å². The number of Topliss-reactive ketones (excluding diaryl/α,β-unsaturated/α-hetero) is 1. The highest BCUT2D eigenvalue weighted by atomic mass is 16.1. The number of benzene rings is 1. The van der Waals surface area contributed by atoms with Gasteiger partial charge in [0.15, 0.2) is 5.78 Å². The van der Waals surface area contributed by atoms with Crippen LogP contribution in [0.25, 0.3) is 0 Å². The second-order valence-electron chi connectivity index (χ2n) is 6.59. The minimum Gasteiger partial charge on any atom is -0.297 e. The molecule has 2 rings (SSSR count). The zero-order valence-corrected chi connectivity index (χ0v) is 13.4. The van der Waals surface area contributed by atoms with Crippen molar-refractivity contribution in [3.63, 3.8) is 0 Å². The Bertz CT molecular complexity index is 530. The molecular weight excluding hydrogens is 258 g/mol. The maximum atomic E-state index is 12.9. The Morgan fingerprint density at radius 2 is 1.71 bits per heavy atom. The molecule has 0 amide bonds. The van der Waals surface area contributed by atoms with Crippen LogP contribution in [-0.2, 0) is 4.79 Å². The Hall–Kier alpha value is -1.62. The molecule has 0 N–H and O–H groups in total. The number of ketones is 1. The van der Waals surface area contributed by atoms with Gasteiger partial charge in [-0.3, -0.25) is 4.79 Å². The van der Waals surface area contributed by atoms with Crippen LogP contribution < -0.4 is 0 Å². The Morgan fingerprint density at radius 1 is 1.19 bits per heavy atom. The van der Waals surface area contributed by atoms with Gasteiger partial charge in [-0.05, 0) is 36.3 Å². The minimum atomic E-state index is -0.607. The summed E-state index contributed by atoms with van der Waals surface area (Å²) in [5, 5.41) is 9.53. The molecule has 1 aromatic carbocycles. The molecule has 1 fully saturated rings. The number of hydrogen-bond donors (Lipinski definition) is 0. The monoisotopic (exact) mass is 283 g/mol. The van der Waals surface area contributed by atoms with Crippen LogP contribution in [0, 0.1) is 16.7 Å². The van der Waals surface area contributed by atoms with E-state index in [-0.39, 0.29) is 11.2 Å². The Morgan fingerprint density at radius 3 is 2.14 bits per heavy atom. The van der Waals surface area contributed by atoms with Gasteiger partial charge in [0.05, 0.1) is 6.07 Å². The van der Waals surface area contributed by atoms with Crippen LogP contribution in [0.4, 0.5) is 0 Å². The zero-order valence-electron chi connectivity index (χ0n) is 13.4. The third-order valence-electron chi connectivity index (χ3n) is 5.09. The summed E-state index contributed by atoms with van der Waals surface area (Å²) in [7, 11) is 0. The lowest BCUT2D eigenvalue weighted by Crippen LogP contribution is -2.31. The summed E-state index contributed by atoms with van der Waals surface area (Å²) in [6.45, 7) is 6.37. The van der Waals surface area contributed by atoms with E-state index in [4.69, 9.17) is 0 Å². The SMILES string of the molecule is CCC1(C(=O)C(C#N)c2ccc(C(C)C)cc2)CCCC1. The van der Waals surface area contributed by atoms with Crippen molar-refractivity contribution >= 4 is 5.78 Å². The van der Waals surface area contributed by atoms with Gasteiger partial charge >= 0.3 is 0 Å². The number of hydrogen-bond acceptors (Lipinski definition) is 2. The van der Waals surface area contributed by atoms with Crippen LogP contribution in [0.3, 0.4) is 0 Å². The second kappa shape index (κ2) is 6.43. The molecule has 1 aliphatic rings. The summed E-state index contributed by atoms with van der Waals surface area (Å²) in [5.74, 6) is -0.00124. The summed E-state index contributed by atoms with van der Waals surface area (Å²) in [5.41, 5.74) is 1.84. The summed E-state index contributed by atoms with van der Waals surface area (Å²) >= 11 is 0. The van der Waals surface area contributed by atoms with E-state index in [0.29, 0.717) is 5.92 Å². The molecule has 0 saturated heterocycles. The Labute approximate surface area is 128 Å². The van der Waals surface area contributed by atoms with E-state index in [1.54, 1.807) is 0 Å². The standard InChI is InChI=1S/C19H25NO/c1-4-19(11-5-6-12-19)18(21)17(13-20)16-9-7-15(8-10-16)14(2)3/h7-10,14,17H,4-6,11-12H2,1-3H3. The van der Waals surface area contributed by atoms with Gasteiger partial charge in [0.1, 0.15) is 5.92 Å². The highest BCUT2D eigenvalue weighted by molar-refractivity contribution is 5.93. The predicted octanol–water partition coefficient (Wildman–Crippen LogP) is 4.96. The van der Waals surface area contributed by atoms with Gasteiger partial charge in [-0.25, -0.2) is 0 Å². The third kappa shape index (κ3) is 3.02. The van der Waals surface area contributed by atoms with Crippen LogP contribution in [0.15, 0.2) is 24.3 Å². The van der Waals surface area contributed by atoms with Crippen LogP contribution in [0.5, 0.6) is 0 Å². The fraction of sp³-hybridized carbons (Fsp3) is 0.579. The largest absolute Gasteiger partial charge is 0.297 e. The lowest BCUT2D eigenvalue weighted by atomic mass is 9.73. The summed E-state index contributed by atoms with van der Waals surface area (Å²) in [4.78, 5) is 12.9. The predicted molar refractivity (Wildman–Crippen MR) is 85.1 cm³/mol. The first-order valence-corrected chi connectivity index (χ1v) is 8.08. The van der Waals surface area contributed by atoms with E-state index >= 15 is 0 Å². The van der Waals surface area contributed by atoms with Crippen LogP contribution >= 0.6 is 0 Å². The molecule has 1 aliphatic carbocycles. The number of rotatable bonds is 5. The first kappa shape index (κ1) is 15.8. The van der Waals surface area contributed by atoms with Crippen LogP contribution in [0.1, 0.15) is 75.8 Å². The van der Waals surface area contributed by atoms with E-state index in [2.05, 4.69) is 26.8 Å². The van der Waals surface area contributed by atoms with Crippen molar-refractivity contribution in [2.24, 2.45) is 5.41 Å². The fourth-order valence-electron chi connectivity index (χ4n) is 3.49. The Kier molecular flexibility index (Phi) is 4.83. The van der Waals surface area contributed by atoms with Crippen molar-refractivity contribution in [2.75, 3.05) is 0 Å². The molecule has 0 bridgehead atoms. The van der Waals surface area contributed by atoms with Gasteiger partial charge in [-0.1, -0.05) is 57.9 Å².